The van der Waals surface area contributed by atoms with Crippen LogP contribution in [0.1, 0.15) is 41.6 Å². The molecule has 1 aromatic heterocycles. The molecule has 0 unspecified atom stereocenters. The molecule has 3 rings (SSSR count). The lowest BCUT2D eigenvalue weighted by molar-refractivity contribution is -0.0729. The molecule has 29 heavy (non-hydrogen) atoms. The van der Waals surface area contributed by atoms with Gasteiger partial charge in [-0.3, -0.25) is 14.3 Å². The summed E-state index contributed by atoms with van der Waals surface area (Å²) in [5.41, 5.74) is 0.906. The minimum absolute atomic E-state index is 0.0328. The van der Waals surface area contributed by atoms with Crippen LogP contribution in [0.4, 0.5) is 0 Å². The number of H-pyrrole nitrogens is 1. The van der Waals surface area contributed by atoms with Crippen LogP contribution in [0.25, 0.3) is 0 Å². The maximum Gasteiger partial charge on any atom is 0.338 e. The smallest absolute Gasteiger partial charge is 0.338 e. The third-order valence-corrected chi connectivity index (χ3v) is 5.15. The highest BCUT2D eigenvalue weighted by atomic mass is 16.6. The van der Waals surface area contributed by atoms with Gasteiger partial charge in [0.25, 0.3) is 5.56 Å². The number of rotatable bonds is 6. The van der Waals surface area contributed by atoms with Crippen molar-refractivity contribution in [3.8, 4) is 0 Å². The number of benzene rings is 1. The van der Waals surface area contributed by atoms with Gasteiger partial charge in [-0.05, 0) is 32.9 Å². The molecule has 1 aliphatic heterocycles. The second kappa shape index (κ2) is 8.75. The van der Waals surface area contributed by atoms with Crippen molar-refractivity contribution >= 4 is 5.97 Å². The summed E-state index contributed by atoms with van der Waals surface area (Å²) in [6.07, 6.45) is -0.141. The zero-order valence-corrected chi connectivity index (χ0v) is 17.0. The fraction of sp³-hybridized carbons (Fsp3) is 0.476. The van der Waals surface area contributed by atoms with Crippen LogP contribution in [0.2, 0.25) is 0 Å². The number of ether oxygens (including phenoxy) is 3. The van der Waals surface area contributed by atoms with Crippen molar-refractivity contribution in [1.82, 2.24) is 9.55 Å². The van der Waals surface area contributed by atoms with Crippen LogP contribution in [0.15, 0.2) is 40.1 Å². The number of hydrogen-bond donors (Lipinski definition) is 1. The van der Waals surface area contributed by atoms with Gasteiger partial charge in [-0.2, -0.15) is 0 Å². The predicted octanol–water partition coefficient (Wildman–Crippen LogP) is 1.95. The number of aromatic amines is 1. The van der Waals surface area contributed by atoms with Crippen molar-refractivity contribution in [1.29, 1.82) is 0 Å². The van der Waals surface area contributed by atoms with Crippen molar-refractivity contribution in [3.63, 3.8) is 0 Å². The standard InChI is InChI=1S/C21H26N2O6/c1-5-27-17-14(4)16(11-28-20(25)15-8-6-12(2)7-9-15)29-19(17)23-10-13(3)18(24)22-21(23)26/h6-10,14,16-17,19H,5,11H2,1-4H3,(H,22,24,26)/t14-,16-,17-,19-/m1/s1. The summed E-state index contributed by atoms with van der Waals surface area (Å²) in [6, 6.07) is 7.12. The van der Waals surface area contributed by atoms with E-state index in [0.717, 1.165) is 5.56 Å². The van der Waals surface area contributed by atoms with Crippen molar-refractivity contribution in [2.45, 2.75) is 46.1 Å². The minimum Gasteiger partial charge on any atom is -0.459 e. The van der Waals surface area contributed by atoms with E-state index in [1.165, 1.54) is 10.8 Å². The summed E-state index contributed by atoms with van der Waals surface area (Å²) in [5.74, 6) is -0.570. The summed E-state index contributed by atoms with van der Waals surface area (Å²) < 4.78 is 18.6. The number of hydrogen-bond acceptors (Lipinski definition) is 6. The van der Waals surface area contributed by atoms with Gasteiger partial charge in [0.2, 0.25) is 0 Å². The lowest BCUT2D eigenvalue weighted by Crippen LogP contribution is -2.38. The Bertz CT molecular complexity index is 978. The van der Waals surface area contributed by atoms with Crippen molar-refractivity contribution in [3.05, 3.63) is 68.0 Å². The lowest BCUT2D eigenvalue weighted by Gasteiger charge is -2.22. The second-order valence-electron chi connectivity index (χ2n) is 7.29. The Kier molecular flexibility index (Phi) is 6.34. The van der Waals surface area contributed by atoms with Gasteiger partial charge < -0.3 is 14.2 Å². The van der Waals surface area contributed by atoms with Crippen molar-refractivity contribution < 1.29 is 19.0 Å². The minimum atomic E-state index is -0.726. The molecule has 2 aromatic rings. The van der Waals surface area contributed by atoms with E-state index >= 15 is 0 Å². The van der Waals surface area contributed by atoms with E-state index in [1.807, 2.05) is 32.9 Å². The molecule has 0 spiro atoms. The molecule has 0 amide bonds. The summed E-state index contributed by atoms with van der Waals surface area (Å²) >= 11 is 0. The van der Waals surface area contributed by atoms with Crippen LogP contribution < -0.4 is 11.2 Å². The lowest BCUT2D eigenvalue weighted by atomic mass is 10.0. The van der Waals surface area contributed by atoms with E-state index in [1.54, 1.807) is 19.1 Å². The van der Waals surface area contributed by atoms with E-state index in [2.05, 4.69) is 4.98 Å². The van der Waals surface area contributed by atoms with E-state index in [0.29, 0.717) is 17.7 Å². The summed E-state index contributed by atoms with van der Waals surface area (Å²) in [4.78, 5) is 38.6. The fourth-order valence-electron chi connectivity index (χ4n) is 3.40. The van der Waals surface area contributed by atoms with E-state index in [9.17, 15) is 14.4 Å². The molecule has 0 radical (unpaired) electrons. The average Bonchev–Trinajstić information content (AvgIpc) is 2.99. The molecule has 1 aromatic carbocycles. The largest absolute Gasteiger partial charge is 0.459 e. The molecule has 1 N–H and O–H groups in total. The summed E-state index contributed by atoms with van der Waals surface area (Å²) in [6.45, 7) is 7.80. The highest BCUT2D eigenvalue weighted by Gasteiger charge is 2.44. The molecule has 156 valence electrons. The number of aromatic nitrogens is 2. The molecule has 1 fully saturated rings. The van der Waals surface area contributed by atoms with E-state index in [-0.39, 0.29) is 12.5 Å². The number of carbonyl (C=O) groups excluding carboxylic acids is 1. The quantitative estimate of drug-likeness (QED) is 0.742. The Balaban J connectivity index is 1.76. The first-order valence-electron chi connectivity index (χ1n) is 9.64. The summed E-state index contributed by atoms with van der Waals surface area (Å²) in [7, 11) is 0. The Morgan fingerprint density at radius 1 is 1.21 bits per heavy atom. The normalized spacial score (nSPS) is 23.9. The number of carbonyl (C=O) groups is 1. The highest BCUT2D eigenvalue weighted by Crippen LogP contribution is 2.35. The van der Waals surface area contributed by atoms with Gasteiger partial charge in [0.05, 0.1) is 11.7 Å². The topological polar surface area (TPSA) is 99.6 Å². The number of esters is 1. The molecule has 1 saturated heterocycles. The van der Waals surface area contributed by atoms with Crippen molar-refractivity contribution in [2.24, 2.45) is 5.92 Å². The SMILES string of the molecule is CCO[C@@H]1[C@H](C)[C@@H](COC(=O)c2ccc(C)cc2)O[C@H]1n1cc(C)c(=O)[nH]c1=O. The zero-order valence-electron chi connectivity index (χ0n) is 17.0. The predicted molar refractivity (Wildman–Crippen MR) is 106 cm³/mol. The number of aryl methyl sites for hydroxylation is 2. The van der Waals surface area contributed by atoms with Crippen LogP contribution in [0.3, 0.4) is 0 Å². The second-order valence-corrected chi connectivity index (χ2v) is 7.29. The Morgan fingerprint density at radius 3 is 2.55 bits per heavy atom. The maximum atomic E-state index is 12.3. The average molecular weight is 402 g/mol. The van der Waals surface area contributed by atoms with Gasteiger partial charge in [-0.15, -0.1) is 0 Å². The summed E-state index contributed by atoms with van der Waals surface area (Å²) in [5, 5.41) is 0. The molecule has 2 heterocycles. The van der Waals surface area contributed by atoms with Crippen LogP contribution in [0.5, 0.6) is 0 Å². The molecule has 8 nitrogen and oxygen atoms in total. The van der Waals surface area contributed by atoms with Gasteiger partial charge in [-0.1, -0.05) is 24.6 Å². The van der Waals surface area contributed by atoms with Crippen LogP contribution in [0, 0.1) is 19.8 Å². The Hall–Kier alpha value is -2.71. The van der Waals surface area contributed by atoms with E-state index in [4.69, 9.17) is 14.2 Å². The molecule has 0 bridgehead atoms. The van der Waals surface area contributed by atoms with Crippen LogP contribution in [-0.2, 0) is 14.2 Å². The van der Waals surface area contributed by atoms with Gasteiger partial charge >= 0.3 is 11.7 Å². The Morgan fingerprint density at radius 2 is 1.90 bits per heavy atom. The molecule has 4 atom stereocenters. The first kappa shape index (κ1) is 21.0. The third kappa shape index (κ3) is 4.49. The molecular weight excluding hydrogens is 376 g/mol. The monoisotopic (exact) mass is 402 g/mol. The van der Waals surface area contributed by atoms with Gasteiger partial charge in [0.15, 0.2) is 6.23 Å². The van der Waals surface area contributed by atoms with Crippen LogP contribution >= 0.6 is 0 Å². The highest BCUT2D eigenvalue weighted by molar-refractivity contribution is 5.89. The first-order chi connectivity index (χ1) is 13.8. The molecule has 8 heteroatoms. The van der Waals surface area contributed by atoms with Gasteiger partial charge in [-0.25, -0.2) is 9.59 Å². The van der Waals surface area contributed by atoms with Crippen molar-refractivity contribution in [2.75, 3.05) is 13.2 Å². The molecule has 0 aliphatic carbocycles. The Labute approximate surface area is 168 Å². The third-order valence-electron chi connectivity index (χ3n) is 5.15. The fourth-order valence-corrected chi connectivity index (χ4v) is 3.40. The van der Waals surface area contributed by atoms with Crippen LogP contribution in [-0.4, -0.2) is 40.9 Å². The number of nitrogens with one attached hydrogen (secondary N) is 1. The molecular formula is C21H26N2O6. The first-order valence-corrected chi connectivity index (χ1v) is 9.64. The van der Waals surface area contributed by atoms with E-state index < -0.39 is 35.7 Å². The van der Waals surface area contributed by atoms with Gasteiger partial charge in [0.1, 0.15) is 12.7 Å². The number of nitrogens with zero attached hydrogens (tertiary/aromatic N) is 1. The zero-order chi connectivity index (χ0) is 21.1. The molecule has 1 aliphatic rings. The molecule has 0 saturated carbocycles. The maximum absolute atomic E-state index is 12.3. The van der Waals surface area contributed by atoms with Gasteiger partial charge in [0, 0.05) is 24.3 Å².